The Balaban J connectivity index is 1.54. The summed E-state index contributed by atoms with van der Waals surface area (Å²) in [5.41, 5.74) is 4.16. The van der Waals surface area contributed by atoms with Gasteiger partial charge in [-0.05, 0) is 73.6 Å². The van der Waals surface area contributed by atoms with Gasteiger partial charge < -0.3 is 9.30 Å². The van der Waals surface area contributed by atoms with Crippen molar-refractivity contribution in [2.45, 2.75) is 20.5 Å². The van der Waals surface area contributed by atoms with Crippen LogP contribution in [-0.4, -0.2) is 27.2 Å². The summed E-state index contributed by atoms with van der Waals surface area (Å²) in [6, 6.07) is 16.0. The number of benzene rings is 2. The van der Waals surface area contributed by atoms with E-state index >= 15 is 0 Å². The van der Waals surface area contributed by atoms with E-state index < -0.39 is 0 Å². The predicted octanol–water partition coefficient (Wildman–Crippen LogP) is 5.48. The smallest absolute Gasteiger partial charge is 0.294 e. The maximum absolute atomic E-state index is 13.8. The molecule has 0 aliphatic carbocycles. The van der Waals surface area contributed by atoms with Crippen molar-refractivity contribution in [1.82, 2.24) is 9.47 Å². The van der Waals surface area contributed by atoms with Crippen LogP contribution in [0.15, 0.2) is 59.5 Å². The van der Waals surface area contributed by atoms with E-state index in [1.54, 1.807) is 24.3 Å². The molecule has 0 radical (unpaired) electrons. The summed E-state index contributed by atoms with van der Waals surface area (Å²) in [5.74, 6) is 2.30. The largest absolute Gasteiger partial charge is 0.489 e. The number of nitrogens with zero attached hydrogens (tertiary/aromatic N) is 2. The lowest BCUT2D eigenvalue weighted by molar-refractivity contribution is -0.122. The van der Waals surface area contributed by atoms with Gasteiger partial charge in [0.25, 0.3) is 11.1 Å². The molecule has 1 fully saturated rings. The number of thioether (sulfide) groups is 1. The molecule has 0 unspecified atom stereocenters. The number of terminal acetylenes is 1. The molecule has 0 bridgehead atoms. The number of hydrogen-bond donors (Lipinski definition) is 0. The lowest BCUT2D eigenvalue weighted by Gasteiger charge is -2.12. The standard InChI is InChI=1S/C26H21FN2O3S/c1-4-13-28-25(30)24(33-26(28)31)15-20-14-17(2)29(18(20)3)21-9-11-22(12-10-21)32-16-19-7-5-6-8-23(19)27/h1,5-12,14-15H,13,16H2,2-3H3. The third kappa shape index (κ3) is 4.57. The van der Waals surface area contributed by atoms with Crippen LogP contribution in [0.4, 0.5) is 9.18 Å². The van der Waals surface area contributed by atoms with Gasteiger partial charge in [0.05, 0.1) is 11.4 Å². The Morgan fingerprint density at radius 2 is 1.85 bits per heavy atom. The molecule has 4 rings (SSSR count). The molecule has 7 heteroatoms. The van der Waals surface area contributed by atoms with Crippen LogP contribution in [0.2, 0.25) is 0 Å². The molecule has 2 aromatic carbocycles. The first kappa shape index (κ1) is 22.4. The number of carbonyl (C=O) groups is 2. The first-order valence-electron chi connectivity index (χ1n) is 10.2. The number of imide groups is 1. The molecule has 33 heavy (non-hydrogen) atoms. The Hall–Kier alpha value is -3.76. The minimum Gasteiger partial charge on any atom is -0.489 e. The minimum atomic E-state index is -0.371. The zero-order valence-electron chi connectivity index (χ0n) is 18.2. The Morgan fingerprint density at radius 1 is 1.12 bits per heavy atom. The fourth-order valence-corrected chi connectivity index (χ4v) is 4.50. The van der Waals surface area contributed by atoms with Crippen molar-refractivity contribution in [1.29, 1.82) is 0 Å². The highest BCUT2D eigenvalue weighted by Crippen LogP contribution is 2.33. The average Bonchev–Trinajstić information content (AvgIpc) is 3.23. The molecule has 0 atom stereocenters. The molecule has 2 amide bonds. The van der Waals surface area contributed by atoms with Crippen LogP contribution in [0.1, 0.15) is 22.5 Å². The Morgan fingerprint density at radius 3 is 2.55 bits per heavy atom. The van der Waals surface area contributed by atoms with E-state index in [1.165, 1.54) is 6.07 Å². The first-order valence-corrected chi connectivity index (χ1v) is 11.0. The monoisotopic (exact) mass is 460 g/mol. The molecular weight excluding hydrogens is 439 g/mol. The zero-order chi connectivity index (χ0) is 23.5. The second kappa shape index (κ2) is 9.39. The molecule has 5 nitrogen and oxygen atoms in total. The molecule has 2 heterocycles. The van der Waals surface area contributed by atoms with Crippen LogP contribution in [0.5, 0.6) is 5.75 Å². The van der Waals surface area contributed by atoms with Gasteiger partial charge >= 0.3 is 0 Å². The summed E-state index contributed by atoms with van der Waals surface area (Å²) >= 11 is 0.893. The molecule has 1 aliphatic heterocycles. The lowest BCUT2D eigenvalue weighted by Crippen LogP contribution is -2.28. The number of hydrogen-bond acceptors (Lipinski definition) is 4. The number of rotatable bonds is 6. The fraction of sp³-hybridized carbons (Fsp3) is 0.154. The van der Waals surface area contributed by atoms with Gasteiger partial charge in [-0.2, -0.15) is 0 Å². The lowest BCUT2D eigenvalue weighted by atomic mass is 10.2. The topological polar surface area (TPSA) is 51.5 Å². The summed E-state index contributed by atoms with van der Waals surface area (Å²) in [6.07, 6.45) is 6.98. The molecule has 166 valence electrons. The number of aryl methyl sites for hydroxylation is 1. The van der Waals surface area contributed by atoms with Crippen molar-refractivity contribution in [3.8, 4) is 23.8 Å². The van der Waals surface area contributed by atoms with Crippen molar-refractivity contribution in [2.75, 3.05) is 6.54 Å². The van der Waals surface area contributed by atoms with E-state index in [-0.39, 0.29) is 30.1 Å². The predicted molar refractivity (Wildman–Crippen MR) is 127 cm³/mol. The van der Waals surface area contributed by atoms with Gasteiger partial charge in [0.15, 0.2) is 0 Å². The number of aromatic nitrogens is 1. The third-order valence-corrected chi connectivity index (χ3v) is 6.23. The highest BCUT2D eigenvalue weighted by Gasteiger charge is 2.34. The van der Waals surface area contributed by atoms with Gasteiger partial charge in [-0.3, -0.25) is 14.5 Å². The van der Waals surface area contributed by atoms with Crippen LogP contribution in [-0.2, 0) is 11.4 Å². The van der Waals surface area contributed by atoms with Crippen molar-refractivity contribution in [3.05, 3.63) is 87.8 Å². The summed E-state index contributed by atoms with van der Waals surface area (Å²) in [5, 5.41) is -0.357. The van der Waals surface area contributed by atoms with Crippen LogP contribution in [0, 0.1) is 32.0 Å². The second-order valence-corrected chi connectivity index (χ2v) is 8.50. The van der Waals surface area contributed by atoms with Crippen LogP contribution in [0.3, 0.4) is 0 Å². The van der Waals surface area contributed by atoms with E-state index in [2.05, 4.69) is 10.5 Å². The Kier molecular flexibility index (Phi) is 6.38. The number of carbonyl (C=O) groups excluding carboxylic acids is 2. The van der Waals surface area contributed by atoms with E-state index in [4.69, 9.17) is 11.2 Å². The van der Waals surface area contributed by atoms with Gasteiger partial charge in [0, 0.05) is 22.6 Å². The molecule has 1 aliphatic rings. The summed E-state index contributed by atoms with van der Waals surface area (Å²) in [4.78, 5) is 25.9. The summed E-state index contributed by atoms with van der Waals surface area (Å²) in [6.45, 7) is 4.03. The number of amides is 2. The Bertz CT molecular complexity index is 1300. The van der Waals surface area contributed by atoms with Crippen molar-refractivity contribution in [2.24, 2.45) is 0 Å². The average molecular weight is 461 g/mol. The van der Waals surface area contributed by atoms with E-state index in [0.717, 1.165) is 39.3 Å². The third-order valence-electron chi connectivity index (χ3n) is 5.33. The van der Waals surface area contributed by atoms with Gasteiger partial charge in [0.2, 0.25) is 0 Å². The number of halogens is 1. The molecular formula is C26H21FN2O3S. The van der Waals surface area contributed by atoms with E-state index in [9.17, 15) is 14.0 Å². The second-order valence-electron chi connectivity index (χ2n) is 7.51. The SMILES string of the molecule is C#CCN1C(=O)SC(=Cc2cc(C)n(-c3ccc(OCc4ccccc4F)cc3)c2C)C1=O. The maximum Gasteiger partial charge on any atom is 0.294 e. The molecule has 1 saturated heterocycles. The van der Waals surface area contributed by atoms with E-state index in [1.807, 2.05) is 44.2 Å². The maximum atomic E-state index is 13.8. The minimum absolute atomic E-state index is 0.0354. The van der Waals surface area contributed by atoms with Crippen LogP contribution < -0.4 is 4.74 Å². The normalized spacial score (nSPS) is 14.7. The highest BCUT2D eigenvalue weighted by molar-refractivity contribution is 8.18. The molecule has 3 aromatic rings. The molecule has 0 spiro atoms. The summed E-state index contributed by atoms with van der Waals surface area (Å²) in [7, 11) is 0. The molecule has 0 saturated carbocycles. The molecule has 1 aromatic heterocycles. The Labute approximate surface area is 195 Å². The van der Waals surface area contributed by atoms with Gasteiger partial charge in [0.1, 0.15) is 18.2 Å². The highest BCUT2D eigenvalue weighted by atomic mass is 32.2. The fourth-order valence-electron chi connectivity index (χ4n) is 3.67. The van der Waals surface area contributed by atoms with Gasteiger partial charge in [-0.15, -0.1) is 6.42 Å². The van der Waals surface area contributed by atoms with Crippen molar-refractivity contribution in [3.63, 3.8) is 0 Å². The van der Waals surface area contributed by atoms with Crippen LogP contribution >= 0.6 is 11.8 Å². The summed E-state index contributed by atoms with van der Waals surface area (Å²) < 4.78 is 21.6. The van der Waals surface area contributed by atoms with Gasteiger partial charge in [-0.25, -0.2) is 4.39 Å². The zero-order valence-corrected chi connectivity index (χ0v) is 19.0. The van der Waals surface area contributed by atoms with Crippen molar-refractivity contribution < 1.29 is 18.7 Å². The quantitative estimate of drug-likeness (QED) is 0.361. The van der Waals surface area contributed by atoms with Crippen LogP contribution in [0.25, 0.3) is 11.8 Å². The van der Waals surface area contributed by atoms with Gasteiger partial charge in [-0.1, -0.05) is 24.1 Å². The van der Waals surface area contributed by atoms with Crippen molar-refractivity contribution >= 4 is 29.0 Å². The first-order chi connectivity index (χ1) is 15.9. The van der Waals surface area contributed by atoms with E-state index in [0.29, 0.717) is 16.2 Å². The molecule has 0 N–H and O–H groups in total. The number of ether oxygens (including phenoxy) is 1.